The van der Waals surface area contributed by atoms with E-state index >= 15 is 0 Å². The smallest absolute Gasteiger partial charge is 0.144 e. The van der Waals surface area contributed by atoms with Gasteiger partial charge in [-0.1, -0.05) is 36.0 Å². The van der Waals surface area contributed by atoms with Crippen LogP contribution < -0.4 is 5.32 Å². The number of fused-ring (bicyclic) bond motifs is 1. The van der Waals surface area contributed by atoms with Gasteiger partial charge in [0.2, 0.25) is 0 Å². The normalized spacial score (nSPS) is 15.4. The molecule has 2 aromatic rings. The Morgan fingerprint density at radius 2 is 1.86 bits per heavy atom. The molecule has 0 saturated heterocycles. The Hall–Kier alpha value is -2.51. The molecule has 146 valence electrons. The van der Waals surface area contributed by atoms with E-state index in [1.54, 1.807) is 14.0 Å². The molecule has 6 nitrogen and oxygen atoms in total. The molecular weight excluding hydrogens is 370 g/mol. The second-order valence-electron chi connectivity index (χ2n) is 7.22. The molecule has 3 rings (SSSR count). The van der Waals surface area contributed by atoms with Crippen molar-refractivity contribution in [3.63, 3.8) is 0 Å². The predicted molar refractivity (Wildman–Crippen MR) is 115 cm³/mol. The van der Waals surface area contributed by atoms with E-state index in [4.69, 9.17) is 15.6 Å². The molecular formula is C21H25N5OS. The van der Waals surface area contributed by atoms with Gasteiger partial charge >= 0.3 is 0 Å². The molecule has 1 aromatic heterocycles. The van der Waals surface area contributed by atoms with Crippen LogP contribution in [0, 0.1) is 10.8 Å². The van der Waals surface area contributed by atoms with Gasteiger partial charge in [0.15, 0.2) is 0 Å². The highest BCUT2D eigenvalue weighted by atomic mass is 32.2. The van der Waals surface area contributed by atoms with Gasteiger partial charge in [-0.05, 0) is 44.4 Å². The fraction of sp³-hybridized carbons (Fsp3) is 0.333. The fourth-order valence-electron chi connectivity index (χ4n) is 2.90. The lowest BCUT2D eigenvalue weighted by Gasteiger charge is -2.23. The molecule has 28 heavy (non-hydrogen) atoms. The van der Waals surface area contributed by atoms with Gasteiger partial charge < -0.3 is 15.5 Å². The number of anilines is 1. The number of allylic oxidation sites excluding steroid dienone is 1. The van der Waals surface area contributed by atoms with Crippen LogP contribution in [0.4, 0.5) is 5.82 Å². The third-order valence-corrected chi connectivity index (χ3v) is 6.03. The predicted octanol–water partition coefficient (Wildman–Crippen LogP) is 4.87. The van der Waals surface area contributed by atoms with Crippen LogP contribution in [0.25, 0.3) is 5.57 Å². The molecule has 0 saturated carbocycles. The van der Waals surface area contributed by atoms with Crippen molar-refractivity contribution in [2.45, 2.75) is 44.7 Å². The van der Waals surface area contributed by atoms with Crippen LogP contribution in [-0.2, 0) is 16.9 Å². The van der Waals surface area contributed by atoms with Crippen LogP contribution in [0.3, 0.4) is 0 Å². The first-order valence-corrected chi connectivity index (χ1v) is 9.83. The minimum atomic E-state index is -0.315. The maximum atomic E-state index is 8.31. The second-order valence-corrected chi connectivity index (χ2v) is 8.24. The van der Waals surface area contributed by atoms with Crippen molar-refractivity contribution >= 4 is 33.9 Å². The fourth-order valence-corrected chi connectivity index (χ4v) is 3.93. The van der Waals surface area contributed by atoms with E-state index in [1.807, 2.05) is 20.8 Å². The second kappa shape index (κ2) is 7.85. The summed E-state index contributed by atoms with van der Waals surface area (Å²) in [4.78, 5) is 9.60. The summed E-state index contributed by atoms with van der Waals surface area (Å²) in [6, 6.07) is 8.31. The first-order chi connectivity index (χ1) is 13.2. The zero-order valence-corrected chi connectivity index (χ0v) is 17.6. The highest BCUT2D eigenvalue weighted by Crippen LogP contribution is 2.44. The van der Waals surface area contributed by atoms with E-state index in [-0.39, 0.29) is 5.60 Å². The molecule has 2 heterocycles. The van der Waals surface area contributed by atoms with Gasteiger partial charge in [-0.3, -0.25) is 5.41 Å². The molecule has 0 unspecified atom stereocenters. The molecule has 0 amide bonds. The molecule has 1 aliphatic heterocycles. The van der Waals surface area contributed by atoms with Crippen LogP contribution in [0.15, 0.2) is 41.1 Å². The average molecular weight is 396 g/mol. The Morgan fingerprint density at radius 1 is 1.18 bits per heavy atom. The number of hydrogen-bond acceptors (Lipinski definition) is 7. The largest absolute Gasteiger partial charge is 0.374 e. The van der Waals surface area contributed by atoms with E-state index in [2.05, 4.69) is 39.6 Å². The molecule has 1 aromatic carbocycles. The number of ether oxygens (including phenoxy) is 1. The van der Waals surface area contributed by atoms with Gasteiger partial charge in [0.05, 0.1) is 16.2 Å². The summed E-state index contributed by atoms with van der Waals surface area (Å²) in [7, 11) is 1.71. The highest BCUT2D eigenvalue weighted by molar-refractivity contribution is 8.15. The van der Waals surface area contributed by atoms with Crippen LogP contribution in [0.5, 0.6) is 0 Å². The van der Waals surface area contributed by atoms with E-state index in [0.29, 0.717) is 23.1 Å². The maximum Gasteiger partial charge on any atom is 0.144 e. The standard InChI is InChI=1S/C21H25N5OS/c1-12(13(2)22)16-17-18(28-19(16)23)20(26-11-25-17)24-10-14-6-8-15(9-7-14)21(3,4)27-5/h6-9,11,22-23H,10H2,1-5H3,(H,24,25,26)/b16-12-,22-13?,23-19?. The SMILES string of the molecule is COC(C)(C)c1ccc(CNc2ncnc3c2SC(=N)/C3=C(/C)C(C)=N)cc1. The Balaban J connectivity index is 1.82. The molecule has 3 N–H and O–H groups in total. The van der Waals surface area contributed by atoms with Crippen LogP contribution in [-0.4, -0.2) is 27.8 Å². The number of aromatic nitrogens is 2. The molecule has 7 heteroatoms. The van der Waals surface area contributed by atoms with Crippen LogP contribution >= 0.6 is 11.8 Å². The zero-order chi connectivity index (χ0) is 20.5. The van der Waals surface area contributed by atoms with Crippen molar-refractivity contribution in [3.05, 3.63) is 53.0 Å². The summed E-state index contributed by atoms with van der Waals surface area (Å²) >= 11 is 1.34. The summed E-state index contributed by atoms with van der Waals surface area (Å²) < 4.78 is 5.52. The number of nitrogens with one attached hydrogen (secondary N) is 3. The van der Waals surface area contributed by atoms with Crippen molar-refractivity contribution in [3.8, 4) is 0 Å². The molecule has 0 fully saturated rings. The lowest BCUT2D eigenvalue weighted by Crippen LogP contribution is -2.19. The van der Waals surface area contributed by atoms with Crippen molar-refractivity contribution in [1.82, 2.24) is 9.97 Å². The Labute approximate surface area is 169 Å². The molecule has 0 bridgehead atoms. The number of methoxy groups -OCH3 is 1. The van der Waals surface area contributed by atoms with Gasteiger partial charge in [0.1, 0.15) is 17.2 Å². The minimum absolute atomic E-state index is 0.315. The monoisotopic (exact) mass is 395 g/mol. The Bertz CT molecular complexity index is 963. The number of rotatable bonds is 6. The Morgan fingerprint density at radius 3 is 2.46 bits per heavy atom. The lowest BCUT2D eigenvalue weighted by atomic mass is 9.97. The highest BCUT2D eigenvalue weighted by Gasteiger charge is 2.29. The quantitative estimate of drug-likeness (QED) is 0.607. The van der Waals surface area contributed by atoms with Gasteiger partial charge in [-0.25, -0.2) is 9.97 Å². The number of benzene rings is 1. The van der Waals surface area contributed by atoms with Crippen molar-refractivity contribution < 1.29 is 4.74 Å². The van der Waals surface area contributed by atoms with E-state index in [1.165, 1.54) is 18.1 Å². The summed E-state index contributed by atoms with van der Waals surface area (Å²) in [6.45, 7) is 8.29. The number of hydrogen-bond donors (Lipinski definition) is 3. The molecule has 0 atom stereocenters. The van der Waals surface area contributed by atoms with Crippen molar-refractivity contribution in [2.75, 3.05) is 12.4 Å². The number of thioether (sulfide) groups is 1. The van der Waals surface area contributed by atoms with Gasteiger partial charge in [0, 0.05) is 24.9 Å². The summed E-state index contributed by atoms with van der Waals surface area (Å²) in [5.74, 6) is 0.714. The van der Waals surface area contributed by atoms with Crippen molar-refractivity contribution in [2.24, 2.45) is 0 Å². The third kappa shape index (κ3) is 3.86. The van der Waals surface area contributed by atoms with E-state index in [9.17, 15) is 0 Å². The maximum absolute atomic E-state index is 8.31. The van der Waals surface area contributed by atoms with E-state index in [0.717, 1.165) is 32.9 Å². The van der Waals surface area contributed by atoms with Gasteiger partial charge in [0.25, 0.3) is 0 Å². The summed E-state index contributed by atoms with van der Waals surface area (Å²) in [6.07, 6.45) is 1.51. The van der Waals surface area contributed by atoms with Gasteiger partial charge in [-0.2, -0.15) is 0 Å². The zero-order valence-electron chi connectivity index (χ0n) is 16.8. The van der Waals surface area contributed by atoms with Crippen LogP contribution in [0.1, 0.15) is 44.5 Å². The first-order valence-electron chi connectivity index (χ1n) is 9.01. The molecule has 0 spiro atoms. The third-order valence-electron chi connectivity index (χ3n) is 5.03. The van der Waals surface area contributed by atoms with Crippen LogP contribution in [0.2, 0.25) is 0 Å². The summed E-state index contributed by atoms with van der Waals surface area (Å²) in [5.41, 5.74) is 4.61. The van der Waals surface area contributed by atoms with Crippen molar-refractivity contribution in [1.29, 1.82) is 10.8 Å². The number of nitrogens with zero attached hydrogens (tertiary/aromatic N) is 2. The molecule has 0 aliphatic carbocycles. The average Bonchev–Trinajstić information content (AvgIpc) is 3.02. The molecule has 0 radical (unpaired) electrons. The minimum Gasteiger partial charge on any atom is -0.374 e. The first kappa shape index (κ1) is 20.2. The van der Waals surface area contributed by atoms with Gasteiger partial charge in [-0.15, -0.1) is 0 Å². The van der Waals surface area contributed by atoms with E-state index < -0.39 is 0 Å². The lowest BCUT2D eigenvalue weighted by molar-refractivity contribution is 0.0192. The molecule has 1 aliphatic rings. The topological polar surface area (TPSA) is 94.7 Å². The Kier molecular flexibility index (Phi) is 5.67. The summed E-state index contributed by atoms with van der Waals surface area (Å²) in [5, 5.41) is 20.0.